The third-order valence-electron chi connectivity index (χ3n) is 1.71. The maximum atomic E-state index is 10.8. The quantitative estimate of drug-likeness (QED) is 0.393. The van der Waals surface area contributed by atoms with Gasteiger partial charge in [0.2, 0.25) is 0 Å². The second-order valence-corrected chi connectivity index (χ2v) is 3.90. The van der Waals surface area contributed by atoms with Crippen molar-refractivity contribution in [1.29, 1.82) is 0 Å². The molecule has 20 heavy (non-hydrogen) atoms. The molecule has 0 aliphatic heterocycles. The summed E-state index contributed by atoms with van der Waals surface area (Å²) in [6.45, 7) is 1.84. The first-order valence-corrected chi connectivity index (χ1v) is 6.23. The van der Waals surface area contributed by atoms with E-state index in [1.54, 1.807) is 0 Å². The van der Waals surface area contributed by atoms with E-state index in [-0.39, 0.29) is 12.2 Å². The fraction of sp³-hybridized carbons (Fsp3) is 0.600. The van der Waals surface area contributed by atoms with Gasteiger partial charge in [0.15, 0.2) is 0 Å². The zero-order valence-corrected chi connectivity index (χ0v) is 11.7. The fourth-order valence-corrected chi connectivity index (χ4v) is 1.15. The van der Waals surface area contributed by atoms with E-state index in [1.807, 2.05) is 12.2 Å². The van der Waals surface area contributed by atoms with Gasteiger partial charge < -0.3 is 20.6 Å². The van der Waals surface area contributed by atoms with Crippen LogP contribution < -0.4 is 10.6 Å². The average molecular weight is 310 g/mol. The number of urea groups is 1. The number of carbonyl (C=O) groups excluding carboxylic acids is 1. The van der Waals surface area contributed by atoms with Crippen LogP contribution in [0, 0.1) is 0 Å². The first-order valence-electron chi connectivity index (χ1n) is 5.60. The molecule has 0 aromatic heterocycles. The molecule has 0 rings (SSSR count). The summed E-state index contributed by atoms with van der Waals surface area (Å²) in [5, 5.41) is 28.0. The van der Waals surface area contributed by atoms with Crippen LogP contribution in [0.15, 0.2) is 0 Å². The number of hydrogen-bond donors (Lipinski definition) is 6. The smallest absolute Gasteiger partial charge is 0.412 e. The molecule has 5 N–H and O–H groups in total. The number of imide groups is 1. The highest BCUT2D eigenvalue weighted by atomic mass is 32.1. The number of carboxylic acid groups (broad SMARTS) is 3. The van der Waals surface area contributed by atoms with E-state index in [1.165, 1.54) is 5.32 Å². The number of rotatable bonds is 6. The fourth-order valence-electron chi connectivity index (χ4n) is 0.892. The number of thiol groups is 1. The molecule has 0 spiro atoms. The van der Waals surface area contributed by atoms with Gasteiger partial charge in [-0.2, -0.15) is 12.6 Å². The van der Waals surface area contributed by atoms with Crippen LogP contribution in [0.5, 0.6) is 0 Å². The van der Waals surface area contributed by atoms with E-state index in [9.17, 15) is 19.2 Å². The Bertz CT molecular complexity index is 348. The van der Waals surface area contributed by atoms with E-state index in [2.05, 4.69) is 12.6 Å². The lowest BCUT2D eigenvalue weighted by atomic mass is 10.2. The Morgan fingerprint density at radius 3 is 1.95 bits per heavy atom. The van der Waals surface area contributed by atoms with Gasteiger partial charge in [0.1, 0.15) is 6.04 Å². The zero-order valence-electron chi connectivity index (χ0n) is 10.8. The summed E-state index contributed by atoms with van der Waals surface area (Å²) in [7, 11) is 0. The predicted octanol–water partition coefficient (Wildman–Crippen LogP) is 0.608. The van der Waals surface area contributed by atoms with Crippen molar-refractivity contribution >= 4 is 36.7 Å². The molecule has 0 aromatic carbocycles. The summed E-state index contributed by atoms with van der Waals surface area (Å²) in [5.41, 5.74) is 0. The SMILES string of the molecule is CCCC(=O)O.O=C(O)NC(=O)NC(CCS)C(=O)O. The highest BCUT2D eigenvalue weighted by molar-refractivity contribution is 7.80. The molecule has 0 saturated carbocycles. The van der Waals surface area contributed by atoms with Crippen LogP contribution >= 0.6 is 12.6 Å². The van der Waals surface area contributed by atoms with Crippen LogP contribution in [-0.4, -0.2) is 51.2 Å². The van der Waals surface area contributed by atoms with Gasteiger partial charge in [-0.05, 0) is 18.6 Å². The molecule has 3 amide bonds. The Hall–Kier alpha value is -1.97. The lowest BCUT2D eigenvalue weighted by Crippen LogP contribution is -2.47. The molecule has 9 nitrogen and oxygen atoms in total. The van der Waals surface area contributed by atoms with E-state index >= 15 is 0 Å². The summed E-state index contributed by atoms with van der Waals surface area (Å²) in [6.07, 6.45) is -0.404. The summed E-state index contributed by atoms with van der Waals surface area (Å²) in [6, 6.07) is -2.20. The molecular weight excluding hydrogens is 292 g/mol. The normalized spacial score (nSPS) is 10.5. The minimum absolute atomic E-state index is 0.117. The maximum Gasteiger partial charge on any atom is 0.412 e. The topological polar surface area (TPSA) is 153 Å². The second-order valence-electron chi connectivity index (χ2n) is 3.45. The lowest BCUT2D eigenvalue weighted by Gasteiger charge is -2.12. The van der Waals surface area contributed by atoms with Crippen LogP contribution in [0.3, 0.4) is 0 Å². The van der Waals surface area contributed by atoms with Crippen LogP contribution in [-0.2, 0) is 9.59 Å². The molecule has 10 heteroatoms. The van der Waals surface area contributed by atoms with Crippen molar-refractivity contribution in [3.05, 3.63) is 0 Å². The number of amides is 3. The van der Waals surface area contributed by atoms with Crippen molar-refractivity contribution in [1.82, 2.24) is 10.6 Å². The van der Waals surface area contributed by atoms with E-state index in [4.69, 9.17) is 15.3 Å². The van der Waals surface area contributed by atoms with Crippen LogP contribution in [0.25, 0.3) is 0 Å². The molecule has 0 bridgehead atoms. The van der Waals surface area contributed by atoms with Gasteiger partial charge in [0.05, 0.1) is 0 Å². The molecule has 0 aromatic rings. The minimum Gasteiger partial charge on any atom is -0.481 e. The Morgan fingerprint density at radius 2 is 1.70 bits per heavy atom. The minimum atomic E-state index is -1.54. The van der Waals surface area contributed by atoms with Crippen molar-refractivity contribution in [3.63, 3.8) is 0 Å². The Kier molecular flexibility index (Phi) is 12.3. The standard InChI is InChI=1S/C6H10N2O5S.C4H8O2/c9-4(10)3(1-2-14)7-5(11)8-6(12)13;1-2-3-4(5)6/h3,14H,1-2H2,(H,9,10)(H,12,13)(H2,7,8,11);2-3H2,1H3,(H,5,6). The molecule has 0 aliphatic rings. The van der Waals surface area contributed by atoms with Crippen LogP contribution in [0.1, 0.15) is 26.2 Å². The molecule has 0 fully saturated rings. The van der Waals surface area contributed by atoms with Gasteiger partial charge in [-0.15, -0.1) is 0 Å². The van der Waals surface area contributed by atoms with Crippen LogP contribution in [0.4, 0.5) is 9.59 Å². The van der Waals surface area contributed by atoms with E-state index in [0.717, 1.165) is 6.42 Å². The van der Waals surface area contributed by atoms with E-state index < -0.39 is 30.1 Å². The number of nitrogens with one attached hydrogen (secondary N) is 2. The van der Waals surface area contributed by atoms with Crippen molar-refractivity contribution in [2.24, 2.45) is 0 Å². The molecule has 0 radical (unpaired) electrons. The zero-order chi connectivity index (χ0) is 16.1. The van der Waals surface area contributed by atoms with Gasteiger partial charge in [0, 0.05) is 6.42 Å². The molecule has 1 atom stereocenters. The summed E-state index contributed by atoms with van der Waals surface area (Å²) < 4.78 is 0. The highest BCUT2D eigenvalue weighted by Crippen LogP contribution is 1.94. The maximum absolute atomic E-state index is 10.8. The van der Waals surface area contributed by atoms with Gasteiger partial charge in [0.25, 0.3) is 0 Å². The third-order valence-corrected chi connectivity index (χ3v) is 1.96. The summed E-state index contributed by atoms with van der Waals surface area (Å²) >= 11 is 3.80. The third kappa shape index (κ3) is 14.1. The van der Waals surface area contributed by atoms with Gasteiger partial charge in [-0.1, -0.05) is 6.92 Å². The van der Waals surface area contributed by atoms with Crippen molar-refractivity contribution < 1.29 is 34.5 Å². The molecule has 116 valence electrons. The monoisotopic (exact) mass is 310 g/mol. The number of aliphatic carboxylic acids is 2. The average Bonchev–Trinajstić information content (AvgIpc) is 2.27. The largest absolute Gasteiger partial charge is 0.481 e. The van der Waals surface area contributed by atoms with Crippen molar-refractivity contribution in [2.45, 2.75) is 32.2 Å². The van der Waals surface area contributed by atoms with Crippen LogP contribution in [0.2, 0.25) is 0 Å². The lowest BCUT2D eigenvalue weighted by molar-refractivity contribution is -0.139. The van der Waals surface area contributed by atoms with E-state index in [0.29, 0.717) is 6.42 Å². The molecular formula is C10H18N2O7S. The number of hydrogen-bond acceptors (Lipinski definition) is 5. The number of carbonyl (C=O) groups is 4. The van der Waals surface area contributed by atoms with Gasteiger partial charge >= 0.3 is 24.1 Å². The Morgan fingerprint density at radius 1 is 1.15 bits per heavy atom. The first-order chi connectivity index (χ1) is 9.24. The van der Waals surface area contributed by atoms with Crippen molar-refractivity contribution in [2.75, 3.05) is 5.75 Å². The molecule has 0 saturated heterocycles. The first kappa shape index (κ1) is 20.3. The molecule has 0 heterocycles. The number of carboxylic acids is 2. The highest BCUT2D eigenvalue weighted by Gasteiger charge is 2.19. The second kappa shape index (κ2) is 12.1. The molecule has 1 unspecified atom stereocenters. The van der Waals surface area contributed by atoms with Gasteiger partial charge in [-0.25, -0.2) is 19.7 Å². The molecule has 0 aliphatic carbocycles. The Balaban J connectivity index is 0. The summed E-state index contributed by atoms with van der Waals surface area (Å²) in [5.74, 6) is -1.68. The summed E-state index contributed by atoms with van der Waals surface area (Å²) in [4.78, 5) is 40.8. The predicted molar refractivity (Wildman–Crippen MR) is 72.1 cm³/mol. The Labute approximate surface area is 120 Å². The van der Waals surface area contributed by atoms with Gasteiger partial charge in [-0.3, -0.25) is 4.79 Å². The van der Waals surface area contributed by atoms with Crippen molar-refractivity contribution in [3.8, 4) is 0 Å².